The summed E-state index contributed by atoms with van der Waals surface area (Å²) in [5.41, 5.74) is 1.29. The largest absolute Gasteiger partial charge is 0.335 e. The molecule has 3 aliphatic rings. The molecule has 3 atom stereocenters. The zero-order valence-electron chi connectivity index (χ0n) is 15.5. The predicted molar refractivity (Wildman–Crippen MR) is 110 cm³/mol. The molecule has 7 nitrogen and oxygen atoms in total. The molecule has 0 aromatic heterocycles. The van der Waals surface area contributed by atoms with Crippen molar-refractivity contribution in [2.24, 2.45) is 0 Å². The fourth-order valence-corrected chi connectivity index (χ4v) is 7.57. The summed E-state index contributed by atoms with van der Waals surface area (Å²) in [6, 6.07) is 14.7. The van der Waals surface area contributed by atoms with E-state index in [4.69, 9.17) is 0 Å². The molecule has 0 radical (unpaired) electrons. The maximum absolute atomic E-state index is 13.7. The molecule has 0 aliphatic carbocycles. The molecule has 2 aromatic carbocycles. The van der Waals surface area contributed by atoms with Gasteiger partial charge in [0.15, 0.2) is 0 Å². The molecule has 2 aromatic rings. The number of hydrogen-bond acceptors (Lipinski definition) is 4. The molecule has 150 valence electrons. The first-order chi connectivity index (χ1) is 13.8. The number of hydrogen-bond donors (Lipinski definition) is 0. The van der Waals surface area contributed by atoms with E-state index in [1.54, 1.807) is 37.4 Å². The van der Waals surface area contributed by atoms with E-state index in [0.29, 0.717) is 12.1 Å². The molecule has 3 heterocycles. The summed E-state index contributed by atoms with van der Waals surface area (Å²) in [7, 11) is -2.37. The van der Waals surface area contributed by atoms with Crippen LogP contribution in [-0.4, -0.2) is 55.8 Å². The van der Waals surface area contributed by atoms with Crippen LogP contribution in [-0.2, 0) is 23.9 Å². The maximum Gasteiger partial charge on any atom is 0.266 e. The van der Waals surface area contributed by atoms with Gasteiger partial charge in [0.25, 0.3) is 10.0 Å². The fraction of sp³-hybridized carbons (Fsp3) is 0.300. The third-order valence-corrected chi connectivity index (χ3v) is 8.87. The Morgan fingerprint density at radius 2 is 1.69 bits per heavy atom. The third kappa shape index (κ3) is 2.37. The number of sulfonamides is 1. The highest BCUT2D eigenvalue weighted by atomic mass is 79.9. The van der Waals surface area contributed by atoms with E-state index < -0.39 is 26.6 Å². The van der Waals surface area contributed by atoms with Crippen LogP contribution in [0.25, 0.3) is 0 Å². The Bertz CT molecular complexity index is 1140. The van der Waals surface area contributed by atoms with Gasteiger partial charge in [0.1, 0.15) is 12.2 Å². The number of carbonyl (C=O) groups excluding carboxylic acids is 2. The van der Waals surface area contributed by atoms with Gasteiger partial charge >= 0.3 is 0 Å². The van der Waals surface area contributed by atoms with Crippen LogP contribution >= 0.6 is 15.9 Å². The van der Waals surface area contributed by atoms with Crippen LogP contribution in [0.15, 0.2) is 59.5 Å². The summed E-state index contributed by atoms with van der Waals surface area (Å²) in [5.74, 6) is -0.433. The van der Waals surface area contributed by atoms with Crippen molar-refractivity contribution in [3.63, 3.8) is 0 Å². The molecular formula is C20H18BrN3O4S. The Balaban J connectivity index is 1.74. The number of benzene rings is 2. The number of alkyl halides is 1. The van der Waals surface area contributed by atoms with Gasteiger partial charge in [-0.05, 0) is 23.8 Å². The van der Waals surface area contributed by atoms with E-state index in [1.165, 1.54) is 26.2 Å². The van der Waals surface area contributed by atoms with Gasteiger partial charge in [-0.3, -0.25) is 9.59 Å². The number of nitrogens with zero attached hydrogens (tertiary/aromatic N) is 3. The van der Waals surface area contributed by atoms with E-state index in [-0.39, 0.29) is 23.3 Å². The molecule has 2 fully saturated rings. The topological polar surface area (TPSA) is 78.0 Å². The highest BCUT2D eigenvalue weighted by molar-refractivity contribution is 9.09. The van der Waals surface area contributed by atoms with Crippen LogP contribution in [0.1, 0.15) is 12.0 Å². The molecule has 29 heavy (non-hydrogen) atoms. The van der Waals surface area contributed by atoms with E-state index in [9.17, 15) is 18.0 Å². The van der Waals surface area contributed by atoms with Crippen LogP contribution in [0.3, 0.4) is 0 Å². The number of piperazine rings is 1. The molecule has 0 saturated carbocycles. The van der Waals surface area contributed by atoms with Gasteiger partial charge in [-0.2, -0.15) is 0 Å². The standard InChI is InChI=1S/C20H18BrN3O4S/c1-22-12-17(25)23-16(18(22)26)11-20(21)14-9-5-6-10-15(14)24(19(20)23)29(27,28)13-7-3-2-4-8-13/h2-10,16,19H,11-12H2,1H3/t16-,19-,20-/m0/s1. The number of amides is 2. The number of carbonyl (C=O) groups is 2. The number of halogens is 1. The molecule has 9 heteroatoms. The number of anilines is 1. The minimum Gasteiger partial charge on any atom is -0.335 e. The second kappa shape index (κ2) is 6.06. The second-order valence-corrected chi connectivity index (χ2v) is 10.8. The van der Waals surface area contributed by atoms with Crippen LogP contribution < -0.4 is 4.31 Å². The Kier molecular flexibility index (Phi) is 3.89. The summed E-state index contributed by atoms with van der Waals surface area (Å²) in [6.45, 7) is -0.0650. The fourth-order valence-electron chi connectivity index (χ4n) is 4.67. The predicted octanol–water partition coefficient (Wildman–Crippen LogP) is 1.88. The first kappa shape index (κ1) is 18.6. The van der Waals surface area contributed by atoms with Crippen molar-refractivity contribution in [3.05, 3.63) is 60.2 Å². The molecule has 5 rings (SSSR count). The Morgan fingerprint density at radius 3 is 2.41 bits per heavy atom. The zero-order chi connectivity index (χ0) is 20.6. The SMILES string of the molecule is CN1CC(=O)N2[C@@H](C[C@]3(Br)c4ccccc4N(S(=O)(=O)c4ccccc4)[C@H]23)C1=O. The summed E-state index contributed by atoms with van der Waals surface area (Å²) in [5, 5.41) is 0. The van der Waals surface area contributed by atoms with Crippen molar-refractivity contribution in [3.8, 4) is 0 Å². The van der Waals surface area contributed by atoms with Gasteiger partial charge < -0.3 is 9.80 Å². The van der Waals surface area contributed by atoms with Crippen molar-refractivity contribution >= 4 is 43.5 Å². The summed E-state index contributed by atoms with van der Waals surface area (Å²) in [6.07, 6.45) is -0.537. The molecule has 0 spiro atoms. The van der Waals surface area contributed by atoms with E-state index in [1.807, 2.05) is 12.1 Å². The van der Waals surface area contributed by atoms with Crippen molar-refractivity contribution in [1.29, 1.82) is 0 Å². The second-order valence-electron chi connectivity index (χ2n) is 7.58. The van der Waals surface area contributed by atoms with E-state index in [2.05, 4.69) is 15.9 Å². The van der Waals surface area contributed by atoms with Gasteiger partial charge in [0, 0.05) is 13.5 Å². The first-order valence-electron chi connectivity index (χ1n) is 9.21. The number of para-hydroxylation sites is 1. The molecular weight excluding hydrogens is 458 g/mol. The Labute approximate surface area is 177 Å². The van der Waals surface area contributed by atoms with Crippen molar-refractivity contribution < 1.29 is 18.0 Å². The number of fused-ring (bicyclic) bond motifs is 5. The van der Waals surface area contributed by atoms with Gasteiger partial charge in [-0.15, -0.1) is 0 Å². The number of rotatable bonds is 2. The van der Waals surface area contributed by atoms with Gasteiger partial charge in [0.2, 0.25) is 11.8 Å². The maximum atomic E-state index is 13.7. The summed E-state index contributed by atoms with van der Waals surface area (Å²) in [4.78, 5) is 28.8. The van der Waals surface area contributed by atoms with Crippen LogP contribution in [0.5, 0.6) is 0 Å². The highest BCUT2D eigenvalue weighted by Crippen LogP contribution is 2.59. The van der Waals surface area contributed by atoms with Crippen LogP contribution in [0.2, 0.25) is 0 Å². The average molecular weight is 476 g/mol. The zero-order valence-corrected chi connectivity index (χ0v) is 17.9. The minimum atomic E-state index is -3.96. The summed E-state index contributed by atoms with van der Waals surface area (Å²) < 4.78 is 27.8. The van der Waals surface area contributed by atoms with Crippen LogP contribution in [0, 0.1) is 0 Å². The van der Waals surface area contributed by atoms with Gasteiger partial charge in [0.05, 0.1) is 21.5 Å². The monoisotopic (exact) mass is 475 g/mol. The normalized spacial score (nSPS) is 28.4. The van der Waals surface area contributed by atoms with E-state index >= 15 is 0 Å². The molecule has 0 unspecified atom stereocenters. The van der Waals surface area contributed by atoms with Gasteiger partial charge in [-0.1, -0.05) is 52.3 Å². The van der Waals surface area contributed by atoms with Gasteiger partial charge in [-0.25, -0.2) is 12.7 Å². The highest BCUT2D eigenvalue weighted by Gasteiger charge is 2.66. The van der Waals surface area contributed by atoms with Crippen molar-refractivity contribution in [2.75, 3.05) is 17.9 Å². The lowest BCUT2D eigenvalue weighted by Gasteiger charge is -2.40. The molecule has 0 bridgehead atoms. The molecule has 3 aliphatic heterocycles. The Morgan fingerprint density at radius 1 is 1.03 bits per heavy atom. The van der Waals surface area contributed by atoms with Crippen LogP contribution in [0.4, 0.5) is 5.69 Å². The van der Waals surface area contributed by atoms with Crippen molar-refractivity contribution in [2.45, 2.75) is 27.8 Å². The average Bonchev–Trinajstić information content (AvgIpc) is 3.15. The first-order valence-corrected chi connectivity index (χ1v) is 11.4. The van der Waals surface area contributed by atoms with E-state index in [0.717, 1.165) is 5.56 Å². The lowest BCUT2D eigenvalue weighted by molar-refractivity contribution is -0.153. The quantitative estimate of drug-likeness (QED) is 0.621. The summed E-state index contributed by atoms with van der Waals surface area (Å²) >= 11 is 3.77. The minimum absolute atomic E-state index is 0.0650. The molecule has 2 amide bonds. The van der Waals surface area contributed by atoms with Crippen molar-refractivity contribution in [1.82, 2.24) is 9.80 Å². The molecule has 2 saturated heterocycles. The Hall–Kier alpha value is -2.39. The lowest BCUT2D eigenvalue weighted by Crippen LogP contribution is -2.62. The number of likely N-dealkylation sites (N-methyl/N-ethyl adjacent to an activating group) is 1. The lowest BCUT2D eigenvalue weighted by atomic mass is 9.95. The molecule has 0 N–H and O–H groups in total. The third-order valence-electron chi connectivity index (χ3n) is 5.93. The smallest absolute Gasteiger partial charge is 0.266 e.